The van der Waals surface area contributed by atoms with Crippen molar-refractivity contribution in [2.45, 2.75) is 19.8 Å². The summed E-state index contributed by atoms with van der Waals surface area (Å²) in [5.74, 6) is 0. The van der Waals surface area contributed by atoms with E-state index in [1.807, 2.05) is 0 Å². The number of rotatable bonds is 2. The molecule has 48 valence electrons. The molecule has 1 aliphatic carbocycles. The van der Waals surface area contributed by atoms with Gasteiger partial charge in [0.25, 0.3) is 0 Å². The molecule has 0 amide bonds. The lowest BCUT2D eigenvalue weighted by Crippen LogP contribution is -1.67. The van der Waals surface area contributed by atoms with Crippen LogP contribution in [0.5, 0.6) is 0 Å². The second-order valence-electron chi connectivity index (χ2n) is 2.18. The van der Waals surface area contributed by atoms with Crippen molar-refractivity contribution >= 4 is 0 Å². The first-order valence-electron chi connectivity index (χ1n) is 3.45. The maximum atomic E-state index is 2.19. The van der Waals surface area contributed by atoms with E-state index in [4.69, 9.17) is 0 Å². The summed E-state index contributed by atoms with van der Waals surface area (Å²) >= 11 is 0. The van der Waals surface area contributed by atoms with Crippen LogP contribution >= 0.6 is 0 Å². The van der Waals surface area contributed by atoms with E-state index in [2.05, 4.69) is 37.3 Å². The molecule has 0 atom stereocenters. The van der Waals surface area contributed by atoms with Crippen molar-refractivity contribution in [1.82, 2.24) is 0 Å². The second-order valence-corrected chi connectivity index (χ2v) is 2.18. The fourth-order valence-electron chi connectivity index (χ4n) is 0.857. The van der Waals surface area contributed by atoms with Crippen molar-refractivity contribution in [3.05, 3.63) is 36.0 Å². The topological polar surface area (TPSA) is 0 Å². The van der Waals surface area contributed by atoms with Crippen LogP contribution in [0.15, 0.2) is 36.0 Å². The zero-order chi connectivity index (χ0) is 6.53. The van der Waals surface area contributed by atoms with Gasteiger partial charge >= 0.3 is 0 Å². The Balaban J connectivity index is 2.38. The Kier molecular flexibility index (Phi) is 2.32. The molecule has 0 spiro atoms. The summed E-state index contributed by atoms with van der Waals surface area (Å²) < 4.78 is 0. The van der Waals surface area contributed by atoms with E-state index in [-0.39, 0.29) is 0 Å². The summed E-state index contributed by atoms with van der Waals surface area (Å²) in [5, 5.41) is 0. The third kappa shape index (κ3) is 1.88. The maximum Gasteiger partial charge on any atom is -0.00944 e. The Morgan fingerprint density at radius 3 is 3.11 bits per heavy atom. The highest BCUT2D eigenvalue weighted by atomic mass is 14.0. The molecule has 9 heavy (non-hydrogen) atoms. The quantitative estimate of drug-likeness (QED) is 0.525. The van der Waals surface area contributed by atoms with Gasteiger partial charge in [-0.3, -0.25) is 0 Å². The molecule has 1 rings (SSSR count). The Labute approximate surface area is 56.6 Å². The van der Waals surface area contributed by atoms with Gasteiger partial charge in [0, 0.05) is 0 Å². The van der Waals surface area contributed by atoms with E-state index in [9.17, 15) is 0 Å². The van der Waals surface area contributed by atoms with Crippen LogP contribution in [-0.4, -0.2) is 0 Å². The summed E-state index contributed by atoms with van der Waals surface area (Å²) in [6.45, 7) is 2.15. The molecule has 0 saturated heterocycles. The van der Waals surface area contributed by atoms with Gasteiger partial charge in [-0.15, -0.1) is 0 Å². The van der Waals surface area contributed by atoms with Gasteiger partial charge in [0.1, 0.15) is 0 Å². The minimum atomic E-state index is 1.12. The molecule has 0 aliphatic heterocycles. The molecule has 0 aromatic rings. The molecule has 0 heteroatoms. The van der Waals surface area contributed by atoms with Crippen molar-refractivity contribution in [2.24, 2.45) is 0 Å². The van der Waals surface area contributed by atoms with E-state index < -0.39 is 0 Å². The van der Waals surface area contributed by atoms with Gasteiger partial charge in [-0.25, -0.2) is 0 Å². The Morgan fingerprint density at radius 2 is 2.56 bits per heavy atom. The molecular weight excluding hydrogens is 108 g/mol. The third-order valence-corrected chi connectivity index (χ3v) is 1.37. The standard InChI is InChI=1S/C9H12/c1-2-3-6-9-7-4-5-8-9/h3-7H,2,8H2,1H3/b6-3-. The van der Waals surface area contributed by atoms with E-state index in [0.717, 1.165) is 12.8 Å². The molecule has 0 unspecified atom stereocenters. The summed E-state index contributed by atoms with van der Waals surface area (Å²) in [4.78, 5) is 0. The van der Waals surface area contributed by atoms with E-state index >= 15 is 0 Å². The molecule has 0 heterocycles. The van der Waals surface area contributed by atoms with Gasteiger partial charge in [0.2, 0.25) is 0 Å². The zero-order valence-electron chi connectivity index (χ0n) is 5.80. The van der Waals surface area contributed by atoms with Crippen molar-refractivity contribution in [3.8, 4) is 0 Å². The van der Waals surface area contributed by atoms with Gasteiger partial charge in [-0.1, -0.05) is 37.3 Å². The number of hydrogen-bond donors (Lipinski definition) is 0. The average Bonchev–Trinajstić information content (AvgIpc) is 2.34. The molecule has 0 fully saturated rings. The largest absolute Gasteiger partial charge is 0.0845 e. The third-order valence-electron chi connectivity index (χ3n) is 1.37. The van der Waals surface area contributed by atoms with Gasteiger partial charge in [-0.05, 0) is 18.4 Å². The fourth-order valence-corrected chi connectivity index (χ4v) is 0.857. The molecule has 0 nitrogen and oxygen atoms in total. The van der Waals surface area contributed by atoms with Crippen LogP contribution in [0.25, 0.3) is 0 Å². The number of allylic oxidation sites excluding steroid dienone is 6. The second kappa shape index (κ2) is 3.29. The molecule has 0 N–H and O–H groups in total. The minimum Gasteiger partial charge on any atom is -0.0845 e. The highest BCUT2D eigenvalue weighted by Crippen LogP contribution is 2.11. The van der Waals surface area contributed by atoms with Gasteiger partial charge < -0.3 is 0 Å². The summed E-state index contributed by atoms with van der Waals surface area (Å²) in [6, 6.07) is 0. The number of hydrogen-bond acceptors (Lipinski definition) is 0. The lowest BCUT2D eigenvalue weighted by molar-refractivity contribution is 1.21. The van der Waals surface area contributed by atoms with Crippen LogP contribution in [0.3, 0.4) is 0 Å². The Bertz CT molecular complexity index is 159. The molecule has 0 radical (unpaired) electrons. The molecule has 1 aliphatic rings. The van der Waals surface area contributed by atoms with Crippen molar-refractivity contribution in [2.75, 3.05) is 0 Å². The highest BCUT2D eigenvalue weighted by molar-refractivity contribution is 5.31. The summed E-state index contributed by atoms with van der Waals surface area (Å²) in [6.07, 6.45) is 13.1. The van der Waals surface area contributed by atoms with Crippen LogP contribution in [0.1, 0.15) is 19.8 Å². The van der Waals surface area contributed by atoms with E-state index in [1.165, 1.54) is 5.57 Å². The Morgan fingerprint density at radius 1 is 1.67 bits per heavy atom. The minimum absolute atomic E-state index is 1.12. The maximum absolute atomic E-state index is 2.19. The first kappa shape index (κ1) is 6.34. The van der Waals surface area contributed by atoms with E-state index in [1.54, 1.807) is 0 Å². The molecule has 0 aromatic heterocycles. The van der Waals surface area contributed by atoms with Gasteiger partial charge in [-0.2, -0.15) is 0 Å². The van der Waals surface area contributed by atoms with Crippen LogP contribution in [0.2, 0.25) is 0 Å². The first-order valence-corrected chi connectivity index (χ1v) is 3.45. The fraction of sp³-hybridized carbons (Fsp3) is 0.333. The normalized spacial score (nSPS) is 17.2. The van der Waals surface area contributed by atoms with Crippen molar-refractivity contribution < 1.29 is 0 Å². The Hall–Kier alpha value is -0.780. The first-order chi connectivity index (χ1) is 4.43. The lowest BCUT2D eigenvalue weighted by Gasteiger charge is -1.87. The average molecular weight is 120 g/mol. The molecular formula is C9H12. The van der Waals surface area contributed by atoms with Crippen LogP contribution in [0.4, 0.5) is 0 Å². The molecule has 0 saturated carbocycles. The van der Waals surface area contributed by atoms with Crippen LogP contribution < -0.4 is 0 Å². The predicted octanol–water partition coefficient (Wildman–Crippen LogP) is 2.84. The van der Waals surface area contributed by atoms with Gasteiger partial charge in [0.15, 0.2) is 0 Å². The summed E-state index contributed by atoms with van der Waals surface area (Å²) in [5.41, 5.74) is 1.43. The van der Waals surface area contributed by atoms with E-state index in [0.29, 0.717) is 0 Å². The SMILES string of the molecule is CC/C=C\C1=CC=CC1. The summed E-state index contributed by atoms with van der Waals surface area (Å²) in [7, 11) is 0. The van der Waals surface area contributed by atoms with Crippen LogP contribution in [0, 0.1) is 0 Å². The zero-order valence-corrected chi connectivity index (χ0v) is 5.80. The molecule has 0 aromatic carbocycles. The van der Waals surface area contributed by atoms with Gasteiger partial charge in [0.05, 0.1) is 0 Å². The highest BCUT2D eigenvalue weighted by Gasteiger charge is 1.90. The monoisotopic (exact) mass is 120 g/mol. The predicted molar refractivity (Wildman–Crippen MR) is 41.3 cm³/mol. The van der Waals surface area contributed by atoms with Crippen molar-refractivity contribution in [3.63, 3.8) is 0 Å². The molecule has 0 bridgehead atoms. The lowest BCUT2D eigenvalue weighted by atomic mass is 10.2. The van der Waals surface area contributed by atoms with Crippen molar-refractivity contribution in [1.29, 1.82) is 0 Å². The van der Waals surface area contributed by atoms with Crippen LogP contribution in [-0.2, 0) is 0 Å². The smallest absolute Gasteiger partial charge is 0.00944 e.